The van der Waals surface area contributed by atoms with E-state index in [1.165, 1.54) is 11.1 Å². The van der Waals surface area contributed by atoms with Gasteiger partial charge in [-0.25, -0.2) is 4.99 Å². The van der Waals surface area contributed by atoms with Crippen LogP contribution in [0.15, 0.2) is 47.5 Å². The highest BCUT2D eigenvalue weighted by Gasteiger charge is 2.06. The Morgan fingerprint density at radius 2 is 1.79 bits per heavy atom. The second kappa shape index (κ2) is 12.7. The van der Waals surface area contributed by atoms with E-state index in [1.54, 1.807) is 7.11 Å². The summed E-state index contributed by atoms with van der Waals surface area (Å²) in [6, 6.07) is 14.2. The SMILES string of the molecule is CCCCNC(=NCc1ccc(OCCO)c(OC)c1)NCc1ccc(C)cc1. The summed E-state index contributed by atoms with van der Waals surface area (Å²) >= 11 is 0. The number of nitrogens with zero attached hydrogens (tertiary/aromatic N) is 1. The van der Waals surface area contributed by atoms with Gasteiger partial charge in [-0.3, -0.25) is 0 Å². The van der Waals surface area contributed by atoms with Crippen molar-refractivity contribution < 1.29 is 14.6 Å². The molecular formula is C23H33N3O3. The first kappa shape index (κ1) is 22.6. The molecule has 158 valence electrons. The number of ether oxygens (including phenoxy) is 2. The molecule has 6 heteroatoms. The summed E-state index contributed by atoms with van der Waals surface area (Å²) in [6.45, 7) is 6.58. The van der Waals surface area contributed by atoms with Gasteiger partial charge in [0.05, 0.1) is 20.3 Å². The van der Waals surface area contributed by atoms with Gasteiger partial charge in [-0.2, -0.15) is 0 Å². The molecule has 0 atom stereocenters. The zero-order valence-corrected chi connectivity index (χ0v) is 17.7. The summed E-state index contributed by atoms with van der Waals surface area (Å²) < 4.78 is 10.9. The van der Waals surface area contributed by atoms with Gasteiger partial charge in [0.25, 0.3) is 0 Å². The van der Waals surface area contributed by atoms with Crippen LogP contribution in [0.5, 0.6) is 11.5 Å². The van der Waals surface area contributed by atoms with Gasteiger partial charge in [0.2, 0.25) is 0 Å². The molecule has 0 radical (unpaired) electrons. The van der Waals surface area contributed by atoms with E-state index in [-0.39, 0.29) is 13.2 Å². The van der Waals surface area contributed by atoms with Crippen LogP contribution in [0.4, 0.5) is 0 Å². The zero-order chi connectivity index (χ0) is 20.9. The molecule has 0 amide bonds. The topological polar surface area (TPSA) is 75.1 Å². The standard InChI is InChI=1S/C23H33N3O3/c1-4-5-12-24-23(25-16-19-8-6-18(2)7-9-19)26-17-20-10-11-21(29-14-13-27)22(15-20)28-3/h6-11,15,27H,4-5,12-14,16-17H2,1-3H3,(H2,24,25,26). The number of guanidine groups is 1. The molecular weight excluding hydrogens is 366 g/mol. The van der Waals surface area contributed by atoms with Gasteiger partial charge in [0.1, 0.15) is 6.61 Å². The highest BCUT2D eigenvalue weighted by Crippen LogP contribution is 2.28. The summed E-state index contributed by atoms with van der Waals surface area (Å²) in [7, 11) is 1.61. The van der Waals surface area contributed by atoms with E-state index >= 15 is 0 Å². The van der Waals surface area contributed by atoms with E-state index in [4.69, 9.17) is 19.6 Å². The van der Waals surface area contributed by atoms with Crippen molar-refractivity contribution in [2.75, 3.05) is 26.9 Å². The molecule has 3 N–H and O–H groups in total. The smallest absolute Gasteiger partial charge is 0.191 e. The zero-order valence-electron chi connectivity index (χ0n) is 17.7. The van der Waals surface area contributed by atoms with Gasteiger partial charge in [-0.1, -0.05) is 49.2 Å². The first-order chi connectivity index (χ1) is 14.2. The number of unbranched alkanes of at least 4 members (excludes halogenated alkanes) is 1. The number of aliphatic hydroxyl groups is 1. The largest absolute Gasteiger partial charge is 0.493 e. The molecule has 0 unspecified atom stereocenters. The van der Waals surface area contributed by atoms with Gasteiger partial charge < -0.3 is 25.2 Å². The Kier molecular flexibility index (Phi) is 9.86. The van der Waals surface area contributed by atoms with Crippen molar-refractivity contribution in [3.05, 3.63) is 59.2 Å². The number of aliphatic hydroxyl groups excluding tert-OH is 1. The number of rotatable bonds is 11. The highest BCUT2D eigenvalue weighted by atomic mass is 16.5. The molecule has 0 aliphatic carbocycles. The van der Waals surface area contributed by atoms with Crippen LogP contribution >= 0.6 is 0 Å². The number of benzene rings is 2. The molecule has 6 nitrogen and oxygen atoms in total. The Balaban J connectivity index is 2.03. The molecule has 2 rings (SSSR count). The minimum absolute atomic E-state index is 0.0331. The van der Waals surface area contributed by atoms with Crippen LogP contribution in [0, 0.1) is 6.92 Å². The number of hydrogen-bond donors (Lipinski definition) is 3. The lowest BCUT2D eigenvalue weighted by molar-refractivity contribution is 0.196. The molecule has 2 aromatic carbocycles. The van der Waals surface area contributed by atoms with Gasteiger partial charge in [-0.05, 0) is 36.6 Å². The molecule has 0 heterocycles. The van der Waals surface area contributed by atoms with Crippen molar-refractivity contribution in [1.82, 2.24) is 10.6 Å². The molecule has 0 saturated heterocycles. The quantitative estimate of drug-likeness (QED) is 0.307. The fourth-order valence-corrected chi connectivity index (χ4v) is 2.71. The molecule has 0 saturated carbocycles. The average molecular weight is 400 g/mol. The lowest BCUT2D eigenvalue weighted by Gasteiger charge is -2.14. The summed E-state index contributed by atoms with van der Waals surface area (Å²) in [4.78, 5) is 4.72. The summed E-state index contributed by atoms with van der Waals surface area (Å²) in [5.41, 5.74) is 3.49. The maximum atomic E-state index is 8.93. The van der Waals surface area contributed by atoms with Crippen LogP contribution in [-0.4, -0.2) is 37.9 Å². The first-order valence-corrected chi connectivity index (χ1v) is 10.1. The third-order valence-corrected chi connectivity index (χ3v) is 4.40. The number of nitrogens with one attached hydrogen (secondary N) is 2. The molecule has 29 heavy (non-hydrogen) atoms. The number of methoxy groups -OCH3 is 1. The Hall–Kier alpha value is -2.73. The Morgan fingerprint density at radius 3 is 2.48 bits per heavy atom. The van der Waals surface area contributed by atoms with E-state index in [2.05, 4.69) is 48.7 Å². The van der Waals surface area contributed by atoms with Crippen molar-refractivity contribution in [3.8, 4) is 11.5 Å². The number of aryl methyl sites for hydroxylation is 1. The van der Waals surface area contributed by atoms with E-state index in [9.17, 15) is 0 Å². The lowest BCUT2D eigenvalue weighted by Crippen LogP contribution is -2.37. The number of hydrogen-bond acceptors (Lipinski definition) is 4. The minimum atomic E-state index is -0.0331. The predicted octanol–water partition coefficient (Wildman–Crippen LogP) is 3.41. The van der Waals surface area contributed by atoms with Gasteiger partial charge in [-0.15, -0.1) is 0 Å². The molecule has 0 fully saturated rings. The first-order valence-electron chi connectivity index (χ1n) is 10.1. The molecule has 2 aromatic rings. The summed E-state index contributed by atoms with van der Waals surface area (Å²) in [5.74, 6) is 2.05. The lowest BCUT2D eigenvalue weighted by atomic mass is 10.1. The van der Waals surface area contributed by atoms with Crippen LogP contribution in [0.1, 0.15) is 36.5 Å². The van der Waals surface area contributed by atoms with Crippen molar-refractivity contribution in [2.24, 2.45) is 4.99 Å². The summed E-state index contributed by atoms with van der Waals surface area (Å²) in [5, 5.41) is 15.7. The van der Waals surface area contributed by atoms with E-state index in [0.29, 0.717) is 18.0 Å². The van der Waals surface area contributed by atoms with Crippen LogP contribution in [-0.2, 0) is 13.1 Å². The Morgan fingerprint density at radius 1 is 1.03 bits per heavy atom. The predicted molar refractivity (Wildman–Crippen MR) is 118 cm³/mol. The van der Waals surface area contributed by atoms with Gasteiger partial charge in [0.15, 0.2) is 17.5 Å². The van der Waals surface area contributed by atoms with Crippen LogP contribution in [0.3, 0.4) is 0 Å². The number of aliphatic imine (C=N–C) groups is 1. The minimum Gasteiger partial charge on any atom is -0.493 e. The molecule has 0 aromatic heterocycles. The Labute approximate surface area is 174 Å². The van der Waals surface area contributed by atoms with Crippen molar-refractivity contribution >= 4 is 5.96 Å². The fourth-order valence-electron chi connectivity index (χ4n) is 2.71. The summed E-state index contributed by atoms with van der Waals surface area (Å²) in [6.07, 6.45) is 2.22. The second-order valence-electron chi connectivity index (χ2n) is 6.84. The fraction of sp³-hybridized carbons (Fsp3) is 0.435. The third kappa shape index (κ3) is 8.03. The maximum absolute atomic E-state index is 8.93. The van der Waals surface area contributed by atoms with Crippen LogP contribution in [0.25, 0.3) is 0 Å². The normalized spacial score (nSPS) is 11.2. The van der Waals surface area contributed by atoms with Crippen molar-refractivity contribution in [2.45, 2.75) is 39.8 Å². The monoisotopic (exact) mass is 399 g/mol. The molecule has 0 aliphatic heterocycles. The van der Waals surface area contributed by atoms with Crippen LogP contribution < -0.4 is 20.1 Å². The van der Waals surface area contributed by atoms with E-state index in [0.717, 1.165) is 37.5 Å². The average Bonchev–Trinajstić information content (AvgIpc) is 2.75. The third-order valence-electron chi connectivity index (χ3n) is 4.40. The van der Waals surface area contributed by atoms with Crippen molar-refractivity contribution in [3.63, 3.8) is 0 Å². The van der Waals surface area contributed by atoms with Crippen molar-refractivity contribution in [1.29, 1.82) is 0 Å². The van der Waals surface area contributed by atoms with Gasteiger partial charge >= 0.3 is 0 Å². The maximum Gasteiger partial charge on any atom is 0.191 e. The Bertz CT molecular complexity index is 760. The molecule has 0 aliphatic rings. The van der Waals surface area contributed by atoms with E-state index in [1.807, 2.05) is 18.2 Å². The van der Waals surface area contributed by atoms with Gasteiger partial charge in [0, 0.05) is 13.1 Å². The molecule has 0 bridgehead atoms. The van der Waals surface area contributed by atoms with E-state index < -0.39 is 0 Å². The molecule has 0 spiro atoms. The highest BCUT2D eigenvalue weighted by molar-refractivity contribution is 5.79. The van der Waals surface area contributed by atoms with Crippen LogP contribution in [0.2, 0.25) is 0 Å². The second-order valence-corrected chi connectivity index (χ2v) is 6.84.